The van der Waals surface area contributed by atoms with E-state index < -0.39 is 32.4 Å². The molecule has 0 bridgehead atoms. The summed E-state index contributed by atoms with van der Waals surface area (Å²) in [6, 6.07) is 8.63. The van der Waals surface area contributed by atoms with Crippen LogP contribution in [0.1, 0.15) is 71.2 Å². The molecule has 1 saturated carbocycles. The van der Waals surface area contributed by atoms with Crippen LogP contribution in [-0.4, -0.2) is 44.0 Å². The van der Waals surface area contributed by atoms with E-state index in [2.05, 4.69) is 40.8 Å². The van der Waals surface area contributed by atoms with Crippen LogP contribution in [0.3, 0.4) is 0 Å². The standard InChI is InChI=1S/C27H44O5Si/c1-18(23-16-22(23)17-31-33(7,8)27(4,5)6)14-15-24(28)19(2)25(29)20(3)32-26(30)21-12-10-9-11-13-21/h9-13,18-20,22-24,28H,14-17H2,1-8H3/t18-,19-,20+,22-,23+,24-/m0/s1. The number of benzene rings is 1. The lowest BCUT2D eigenvalue weighted by atomic mass is 9.89. The molecule has 0 aliphatic heterocycles. The lowest BCUT2D eigenvalue weighted by Crippen LogP contribution is -2.41. The molecule has 0 radical (unpaired) electrons. The Labute approximate surface area is 201 Å². The fourth-order valence-corrected chi connectivity index (χ4v) is 5.07. The van der Waals surface area contributed by atoms with Gasteiger partial charge in [-0.15, -0.1) is 0 Å². The SMILES string of the molecule is C[C@H](C(=O)[C@@H](C)OC(=O)c1ccccc1)[C@@H](O)CC[C@H](C)[C@H]1C[C@H]1CO[Si](C)(C)C(C)(C)C. The van der Waals surface area contributed by atoms with Crippen LogP contribution in [-0.2, 0) is 14.0 Å². The summed E-state index contributed by atoms with van der Waals surface area (Å²) in [4.78, 5) is 24.9. The second-order valence-corrected chi connectivity index (χ2v) is 16.3. The molecule has 0 spiro atoms. The topological polar surface area (TPSA) is 72.8 Å². The van der Waals surface area contributed by atoms with Crippen molar-refractivity contribution in [2.45, 2.75) is 91.1 Å². The second-order valence-electron chi connectivity index (χ2n) is 11.5. The number of rotatable bonds is 12. The smallest absolute Gasteiger partial charge is 0.338 e. The molecule has 33 heavy (non-hydrogen) atoms. The van der Waals surface area contributed by atoms with Crippen molar-refractivity contribution in [3.63, 3.8) is 0 Å². The maximum atomic E-state index is 12.7. The van der Waals surface area contributed by atoms with Crippen LogP contribution in [0, 0.1) is 23.7 Å². The van der Waals surface area contributed by atoms with Gasteiger partial charge in [0.1, 0.15) is 0 Å². The van der Waals surface area contributed by atoms with Gasteiger partial charge in [-0.3, -0.25) is 4.79 Å². The normalized spacial score (nSPS) is 22.2. The molecule has 2 rings (SSSR count). The third kappa shape index (κ3) is 7.76. The van der Waals surface area contributed by atoms with Gasteiger partial charge in [0.15, 0.2) is 20.2 Å². The first-order valence-electron chi connectivity index (χ1n) is 12.4. The van der Waals surface area contributed by atoms with Crippen LogP contribution in [0.25, 0.3) is 0 Å². The molecule has 0 amide bonds. The molecule has 6 atom stereocenters. The van der Waals surface area contributed by atoms with E-state index in [1.165, 1.54) is 6.42 Å². The maximum absolute atomic E-state index is 12.7. The number of hydrogen-bond acceptors (Lipinski definition) is 5. The highest BCUT2D eigenvalue weighted by Crippen LogP contribution is 2.47. The third-order valence-corrected chi connectivity index (χ3v) is 12.3. The Morgan fingerprint density at radius 2 is 1.70 bits per heavy atom. The number of Topliss-reactive ketones (excluding diaryl/α,β-unsaturated/α-hetero) is 1. The number of carbonyl (C=O) groups is 2. The largest absolute Gasteiger partial charge is 0.451 e. The third-order valence-electron chi connectivity index (χ3n) is 7.81. The molecule has 1 aliphatic carbocycles. The Morgan fingerprint density at radius 1 is 1.09 bits per heavy atom. The van der Waals surface area contributed by atoms with E-state index in [9.17, 15) is 14.7 Å². The zero-order chi connectivity index (χ0) is 25.0. The van der Waals surface area contributed by atoms with E-state index in [1.807, 2.05) is 6.07 Å². The number of ketones is 1. The van der Waals surface area contributed by atoms with Crippen LogP contribution >= 0.6 is 0 Å². The van der Waals surface area contributed by atoms with Crippen molar-refractivity contribution < 1.29 is 23.9 Å². The number of aliphatic hydroxyl groups excluding tert-OH is 1. The zero-order valence-electron chi connectivity index (χ0n) is 21.8. The van der Waals surface area contributed by atoms with Gasteiger partial charge in [-0.1, -0.05) is 52.8 Å². The summed E-state index contributed by atoms with van der Waals surface area (Å²) in [5, 5.41) is 10.8. The summed E-state index contributed by atoms with van der Waals surface area (Å²) in [6.45, 7) is 17.7. The maximum Gasteiger partial charge on any atom is 0.338 e. The van der Waals surface area contributed by atoms with E-state index >= 15 is 0 Å². The molecular formula is C27H44O5Si. The Morgan fingerprint density at radius 3 is 2.27 bits per heavy atom. The Kier molecular flexibility index (Phi) is 9.48. The van der Waals surface area contributed by atoms with Crippen LogP contribution < -0.4 is 0 Å². The molecule has 1 aromatic rings. The predicted molar refractivity (Wildman–Crippen MR) is 135 cm³/mol. The fraction of sp³-hybridized carbons (Fsp3) is 0.704. The summed E-state index contributed by atoms with van der Waals surface area (Å²) in [7, 11) is -1.71. The van der Waals surface area contributed by atoms with Crippen LogP contribution in [0.4, 0.5) is 0 Å². The lowest BCUT2D eigenvalue weighted by Gasteiger charge is -2.36. The molecule has 0 aromatic heterocycles. The van der Waals surface area contributed by atoms with Crippen molar-refractivity contribution in [2.75, 3.05) is 6.61 Å². The van der Waals surface area contributed by atoms with E-state index in [4.69, 9.17) is 9.16 Å². The van der Waals surface area contributed by atoms with Gasteiger partial charge < -0.3 is 14.3 Å². The highest BCUT2D eigenvalue weighted by atomic mass is 28.4. The van der Waals surface area contributed by atoms with Crippen molar-refractivity contribution in [1.82, 2.24) is 0 Å². The minimum Gasteiger partial charge on any atom is -0.451 e. The van der Waals surface area contributed by atoms with Gasteiger partial charge in [0.05, 0.1) is 11.7 Å². The summed E-state index contributed by atoms with van der Waals surface area (Å²) in [5.41, 5.74) is 0.413. The molecule has 1 aliphatic rings. The molecule has 186 valence electrons. The first-order chi connectivity index (χ1) is 15.2. The second kappa shape index (κ2) is 11.3. The zero-order valence-corrected chi connectivity index (χ0v) is 22.8. The van der Waals surface area contributed by atoms with Crippen LogP contribution in [0.2, 0.25) is 18.1 Å². The Bertz CT molecular complexity index is 785. The molecule has 0 heterocycles. The Balaban J connectivity index is 1.74. The molecule has 1 fully saturated rings. The summed E-state index contributed by atoms with van der Waals surface area (Å²) in [6.07, 6.45) is 1.00. The number of aliphatic hydroxyl groups is 1. The van der Waals surface area contributed by atoms with Crippen LogP contribution in [0.15, 0.2) is 30.3 Å². The van der Waals surface area contributed by atoms with Gasteiger partial charge >= 0.3 is 5.97 Å². The molecule has 6 heteroatoms. The highest BCUT2D eigenvalue weighted by molar-refractivity contribution is 6.74. The monoisotopic (exact) mass is 476 g/mol. The van der Waals surface area contributed by atoms with Gasteiger partial charge in [0.25, 0.3) is 0 Å². The van der Waals surface area contributed by atoms with Gasteiger partial charge in [-0.05, 0) is 74.2 Å². The number of carbonyl (C=O) groups excluding carboxylic acids is 2. The molecule has 1 aromatic carbocycles. The van der Waals surface area contributed by atoms with Crippen molar-refractivity contribution in [1.29, 1.82) is 0 Å². The van der Waals surface area contributed by atoms with E-state index in [1.54, 1.807) is 38.1 Å². The number of ether oxygens (including phenoxy) is 1. The fourth-order valence-electron chi connectivity index (χ4n) is 4.01. The number of esters is 1. The van der Waals surface area contributed by atoms with Crippen molar-refractivity contribution in [3.05, 3.63) is 35.9 Å². The van der Waals surface area contributed by atoms with E-state index in [-0.39, 0.29) is 10.8 Å². The van der Waals surface area contributed by atoms with E-state index in [0.717, 1.165) is 13.0 Å². The average molecular weight is 477 g/mol. The Hall–Kier alpha value is -1.50. The van der Waals surface area contributed by atoms with Gasteiger partial charge in [0, 0.05) is 12.5 Å². The summed E-state index contributed by atoms with van der Waals surface area (Å²) in [5.74, 6) is 0.399. The molecule has 0 saturated heterocycles. The molecule has 5 nitrogen and oxygen atoms in total. The summed E-state index contributed by atoms with van der Waals surface area (Å²) < 4.78 is 11.7. The lowest BCUT2D eigenvalue weighted by molar-refractivity contribution is -0.134. The van der Waals surface area contributed by atoms with Gasteiger partial charge in [-0.25, -0.2) is 4.79 Å². The molecule has 0 unspecified atom stereocenters. The average Bonchev–Trinajstić information content (AvgIpc) is 3.54. The molecule has 1 N–H and O–H groups in total. The van der Waals surface area contributed by atoms with Gasteiger partial charge in [0.2, 0.25) is 0 Å². The highest BCUT2D eigenvalue weighted by Gasteiger charge is 2.44. The summed E-state index contributed by atoms with van der Waals surface area (Å²) >= 11 is 0. The number of hydrogen-bond donors (Lipinski definition) is 1. The van der Waals surface area contributed by atoms with Crippen molar-refractivity contribution in [3.8, 4) is 0 Å². The van der Waals surface area contributed by atoms with E-state index in [0.29, 0.717) is 29.7 Å². The molecular weight excluding hydrogens is 432 g/mol. The first-order valence-corrected chi connectivity index (χ1v) is 15.3. The minimum absolute atomic E-state index is 0.225. The minimum atomic E-state index is -1.71. The van der Waals surface area contributed by atoms with Gasteiger partial charge in [-0.2, -0.15) is 0 Å². The van der Waals surface area contributed by atoms with Crippen LogP contribution in [0.5, 0.6) is 0 Å². The van der Waals surface area contributed by atoms with Crippen molar-refractivity contribution in [2.24, 2.45) is 23.7 Å². The quantitative estimate of drug-likeness (QED) is 0.302. The first kappa shape index (κ1) is 27.7. The van der Waals surface area contributed by atoms with Crippen molar-refractivity contribution >= 4 is 20.1 Å². The predicted octanol–water partition coefficient (Wildman–Crippen LogP) is 5.87.